The van der Waals surface area contributed by atoms with E-state index in [0.29, 0.717) is 13.0 Å². The molecule has 0 aromatic rings. The zero-order chi connectivity index (χ0) is 20.6. The molecule has 6 unspecified atom stereocenters. The van der Waals surface area contributed by atoms with Gasteiger partial charge in [0.2, 0.25) is 0 Å². The van der Waals surface area contributed by atoms with Crippen molar-refractivity contribution in [3.63, 3.8) is 0 Å². The second-order valence-corrected chi connectivity index (χ2v) is 7.49. The van der Waals surface area contributed by atoms with Crippen LogP contribution in [-0.2, 0) is 27.8 Å². The van der Waals surface area contributed by atoms with Gasteiger partial charge >= 0.3 is 7.82 Å². The summed E-state index contributed by atoms with van der Waals surface area (Å²) >= 11 is 0. The molecule has 1 saturated carbocycles. The Bertz CT molecular complexity index is 454. The van der Waals surface area contributed by atoms with Crippen molar-refractivity contribution in [2.24, 2.45) is 5.73 Å². The lowest BCUT2D eigenvalue weighted by atomic mass is 9.85. The van der Waals surface area contributed by atoms with Crippen LogP contribution in [0.3, 0.4) is 0 Å². The third-order valence-corrected chi connectivity index (χ3v) is 5.05. The first kappa shape index (κ1) is 24.8. The van der Waals surface area contributed by atoms with E-state index < -0.39 is 50.6 Å². The van der Waals surface area contributed by atoms with E-state index in [4.69, 9.17) is 29.0 Å². The van der Waals surface area contributed by atoms with Gasteiger partial charge in [-0.05, 0) is 13.0 Å². The van der Waals surface area contributed by atoms with Crippen molar-refractivity contribution in [2.75, 3.05) is 40.6 Å². The second-order valence-electron chi connectivity index (χ2n) is 6.09. The van der Waals surface area contributed by atoms with Gasteiger partial charge in [0, 0.05) is 20.8 Å². The summed E-state index contributed by atoms with van der Waals surface area (Å²) < 4.78 is 36.7. The molecule has 1 aliphatic carbocycles. The minimum absolute atomic E-state index is 0.0831. The van der Waals surface area contributed by atoms with E-state index >= 15 is 0 Å². The van der Waals surface area contributed by atoms with Crippen molar-refractivity contribution >= 4 is 7.82 Å². The van der Waals surface area contributed by atoms with Gasteiger partial charge in [-0.3, -0.25) is 9.05 Å². The summed E-state index contributed by atoms with van der Waals surface area (Å²) in [5, 5.41) is 40.5. The molecule has 0 saturated heterocycles. The number of methoxy groups -OCH3 is 2. The normalized spacial score (nSPS) is 35.0. The molecule has 162 valence electrons. The van der Waals surface area contributed by atoms with Crippen LogP contribution < -0.4 is 5.73 Å². The number of hydrogen-bond acceptors (Lipinski definition) is 11. The maximum absolute atomic E-state index is 12.1. The van der Waals surface area contributed by atoms with Gasteiger partial charge in [0.15, 0.2) is 0 Å². The number of aliphatic hydroxyl groups excluding tert-OH is 4. The van der Waals surface area contributed by atoms with Crippen molar-refractivity contribution in [1.82, 2.24) is 0 Å². The molecule has 1 rings (SSSR count). The van der Waals surface area contributed by atoms with Crippen molar-refractivity contribution in [3.05, 3.63) is 0 Å². The number of phosphoric acid groups is 1. The number of hydrogen-bond donors (Lipinski definition) is 6. The van der Waals surface area contributed by atoms with E-state index in [1.54, 1.807) is 0 Å². The Morgan fingerprint density at radius 3 is 2.04 bits per heavy atom. The molecule has 0 aliphatic heterocycles. The molecule has 7 N–H and O–H groups in total. The van der Waals surface area contributed by atoms with Crippen molar-refractivity contribution in [2.45, 2.75) is 49.1 Å². The number of phosphoric ester groups is 1. The van der Waals surface area contributed by atoms with Gasteiger partial charge in [0.05, 0.1) is 13.2 Å². The number of aliphatic hydroxyl groups is 4. The second kappa shape index (κ2) is 11.7. The largest absolute Gasteiger partial charge is 0.472 e. The SMILES string of the molecule is COCC(COP(=O)(O)OC1C(O)C(O)C(OCCCN)C(O)C1O)OC. The average Bonchev–Trinajstić information content (AvgIpc) is 2.63. The molecule has 1 fully saturated rings. The standard InChI is InChI=1S/C14H30NO11P/c1-22-6-8(23-2)7-25-27(20,21)26-14-11(18)9(16)13(10(17)12(14)19)24-5-3-4-15/h8-14,16-19H,3-7,15H2,1-2H3,(H,20,21). The van der Waals surface area contributed by atoms with Crippen LogP contribution in [0, 0.1) is 0 Å². The van der Waals surface area contributed by atoms with E-state index in [0.717, 1.165) is 0 Å². The number of nitrogens with two attached hydrogens (primary N) is 1. The molecule has 1 aliphatic rings. The fourth-order valence-corrected chi connectivity index (χ4v) is 3.51. The third kappa shape index (κ3) is 7.28. The topological polar surface area (TPSA) is 190 Å². The zero-order valence-electron chi connectivity index (χ0n) is 15.3. The highest BCUT2D eigenvalue weighted by molar-refractivity contribution is 7.47. The Balaban J connectivity index is 2.72. The molecular formula is C14H30NO11P. The summed E-state index contributed by atoms with van der Waals surface area (Å²) in [6, 6.07) is 0. The Labute approximate surface area is 157 Å². The van der Waals surface area contributed by atoms with Crippen LogP contribution in [0.2, 0.25) is 0 Å². The maximum atomic E-state index is 12.1. The van der Waals surface area contributed by atoms with Gasteiger partial charge in [-0.25, -0.2) is 4.57 Å². The molecule has 0 spiro atoms. The van der Waals surface area contributed by atoms with Crippen molar-refractivity contribution in [3.8, 4) is 0 Å². The molecule has 0 aromatic heterocycles. The molecule has 13 heteroatoms. The molecule has 27 heavy (non-hydrogen) atoms. The molecule has 0 aromatic carbocycles. The quantitative estimate of drug-likeness (QED) is 0.142. The van der Waals surface area contributed by atoms with Crippen LogP contribution in [0.15, 0.2) is 0 Å². The lowest BCUT2D eigenvalue weighted by Gasteiger charge is -2.43. The van der Waals surface area contributed by atoms with Crippen molar-refractivity contribution < 1.29 is 53.1 Å². The molecule has 6 atom stereocenters. The smallest absolute Gasteiger partial charge is 0.387 e. The Hall–Kier alpha value is -0.210. The van der Waals surface area contributed by atoms with Crippen LogP contribution in [0.5, 0.6) is 0 Å². The fraction of sp³-hybridized carbons (Fsp3) is 1.00. The summed E-state index contributed by atoms with van der Waals surface area (Å²) in [7, 11) is -2.00. The van der Waals surface area contributed by atoms with Crippen molar-refractivity contribution in [1.29, 1.82) is 0 Å². The summed E-state index contributed by atoms with van der Waals surface area (Å²) in [5.41, 5.74) is 5.32. The first-order chi connectivity index (χ1) is 12.7. The lowest BCUT2D eigenvalue weighted by Crippen LogP contribution is -2.64. The average molecular weight is 419 g/mol. The minimum Gasteiger partial charge on any atom is -0.387 e. The third-order valence-electron chi connectivity index (χ3n) is 4.07. The van der Waals surface area contributed by atoms with Gasteiger partial charge in [-0.2, -0.15) is 0 Å². The molecule has 0 bridgehead atoms. The summed E-state index contributed by atoms with van der Waals surface area (Å²) in [6.07, 6.45) is -10.3. The predicted octanol–water partition coefficient (Wildman–Crippen LogP) is -2.66. The molecule has 0 amide bonds. The highest BCUT2D eigenvalue weighted by atomic mass is 31.2. The lowest BCUT2D eigenvalue weighted by molar-refractivity contribution is -0.232. The molecule has 0 heterocycles. The van der Waals surface area contributed by atoms with Gasteiger partial charge in [-0.1, -0.05) is 0 Å². The van der Waals surface area contributed by atoms with E-state index in [-0.39, 0.29) is 19.8 Å². The van der Waals surface area contributed by atoms with E-state index in [1.165, 1.54) is 14.2 Å². The summed E-state index contributed by atoms with van der Waals surface area (Å²) in [4.78, 5) is 9.81. The number of ether oxygens (including phenoxy) is 3. The van der Waals surface area contributed by atoms with Gasteiger partial charge in [0.25, 0.3) is 0 Å². The van der Waals surface area contributed by atoms with E-state index in [9.17, 15) is 29.9 Å². The van der Waals surface area contributed by atoms with Gasteiger partial charge in [0.1, 0.15) is 42.7 Å². The first-order valence-corrected chi connectivity index (χ1v) is 9.89. The first-order valence-electron chi connectivity index (χ1n) is 8.39. The number of rotatable bonds is 12. The highest BCUT2D eigenvalue weighted by Crippen LogP contribution is 2.47. The molecule has 12 nitrogen and oxygen atoms in total. The highest BCUT2D eigenvalue weighted by Gasteiger charge is 2.52. The van der Waals surface area contributed by atoms with E-state index in [1.807, 2.05) is 0 Å². The fourth-order valence-electron chi connectivity index (χ4n) is 2.54. The molecular weight excluding hydrogens is 389 g/mol. The summed E-state index contributed by atoms with van der Waals surface area (Å²) in [6.45, 7) is 0.115. The summed E-state index contributed by atoms with van der Waals surface area (Å²) in [5.74, 6) is 0. The van der Waals surface area contributed by atoms with Crippen LogP contribution in [0.25, 0.3) is 0 Å². The van der Waals surface area contributed by atoms with Gasteiger partial charge < -0.3 is 45.3 Å². The minimum atomic E-state index is -4.76. The zero-order valence-corrected chi connectivity index (χ0v) is 16.2. The van der Waals surface area contributed by atoms with Crippen LogP contribution in [0.4, 0.5) is 0 Å². The van der Waals surface area contributed by atoms with E-state index in [2.05, 4.69) is 0 Å². The Morgan fingerprint density at radius 1 is 1.00 bits per heavy atom. The van der Waals surface area contributed by atoms with Gasteiger partial charge in [-0.15, -0.1) is 0 Å². The van der Waals surface area contributed by atoms with Crippen LogP contribution >= 0.6 is 7.82 Å². The molecule has 0 radical (unpaired) electrons. The van der Waals surface area contributed by atoms with Crippen LogP contribution in [0.1, 0.15) is 6.42 Å². The van der Waals surface area contributed by atoms with Crippen LogP contribution in [-0.4, -0.2) is 109 Å². The maximum Gasteiger partial charge on any atom is 0.472 e. The Kier molecular flexibility index (Phi) is 10.8. The Morgan fingerprint density at radius 2 is 1.56 bits per heavy atom. The monoisotopic (exact) mass is 419 g/mol. The predicted molar refractivity (Wildman–Crippen MR) is 90.8 cm³/mol.